The Kier molecular flexibility index (Phi) is 4.25. The van der Waals surface area contributed by atoms with Gasteiger partial charge in [-0.05, 0) is 19.1 Å². The number of anilines is 1. The normalized spacial score (nSPS) is 9.79. The SMILES string of the molecule is CCOC(=O)CSc1ccc(N)nc1. The van der Waals surface area contributed by atoms with Crippen molar-refractivity contribution in [3.05, 3.63) is 18.3 Å². The first-order chi connectivity index (χ1) is 6.72. The molecule has 0 amide bonds. The largest absolute Gasteiger partial charge is 0.465 e. The molecule has 0 unspecified atom stereocenters. The fraction of sp³-hybridized carbons (Fsp3) is 0.333. The third kappa shape index (κ3) is 3.66. The molecular formula is C9H12N2O2S. The van der Waals surface area contributed by atoms with Crippen LogP contribution in [0.2, 0.25) is 0 Å². The number of esters is 1. The van der Waals surface area contributed by atoms with E-state index in [1.54, 1.807) is 19.2 Å². The van der Waals surface area contributed by atoms with E-state index in [9.17, 15) is 4.79 Å². The maximum Gasteiger partial charge on any atom is 0.316 e. The van der Waals surface area contributed by atoms with Crippen molar-refractivity contribution in [1.82, 2.24) is 4.98 Å². The third-order valence-electron chi connectivity index (χ3n) is 1.42. The summed E-state index contributed by atoms with van der Waals surface area (Å²) in [5.41, 5.74) is 5.42. The Morgan fingerprint density at radius 2 is 2.43 bits per heavy atom. The second-order valence-electron chi connectivity index (χ2n) is 2.51. The van der Waals surface area contributed by atoms with E-state index in [1.165, 1.54) is 11.8 Å². The van der Waals surface area contributed by atoms with Crippen LogP contribution in [0.1, 0.15) is 6.92 Å². The van der Waals surface area contributed by atoms with Crippen molar-refractivity contribution in [2.75, 3.05) is 18.1 Å². The first-order valence-electron chi connectivity index (χ1n) is 4.22. The number of nitrogen functional groups attached to an aromatic ring is 1. The molecular weight excluding hydrogens is 200 g/mol. The minimum absolute atomic E-state index is 0.214. The molecule has 14 heavy (non-hydrogen) atoms. The number of ether oxygens (including phenoxy) is 1. The quantitative estimate of drug-likeness (QED) is 0.602. The summed E-state index contributed by atoms with van der Waals surface area (Å²) in [6.45, 7) is 2.20. The molecule has 0 saturated heterocycles. The number of nitrogens with zero attached hydrogens (tertiary/aromatic N) is 1. The maximum absolute atomic E-state index is 11.0. The maximum atomic E-state index is 11.0. The highest BCUT2D eigenvalue weighted by molar-refractivity contribution is 8.00. The van der Waals surface area contributed by atoms with Gasteiger partial charge in [0.15, 0.2) is 0 Å². The lowest BCUT2D eigenvalue weighted by atomic mass is 10.5. The van der Waals surface area contributed by atoms with E-state index in [2.05, 4.69) is 4.98 Å². The number of carbonyl (C=O) groups is 1. The van der Waals surface area contributed by atoms with Crippen LogP contribution in [0.3, 0.4) is 0 Å². The summed E-state index contributed by atoms with van der Waals surface area (Å²) >= 11 is 1.38. The van der Waals surface area contributed by atoms with Crippen LogP contribution in [-0.2, 0) is 9.53 Å². The summed E-state index contributed by atoms with van der Waals surface area (Å²) in [6, 6.07) is 3.53. The summed E-state index contributed by atoms with van der Waals surface area (Å²) < 4.78 is 4.78. The Labute approximate surface area is 86.8 Å². The van der Waals surface area contributed by atoms with E-state index in [0.29, 0.717) is 18.2 Å². The molecule has 4 nitrogen and oxygen atoms in total. The highest BCUT2D eigenvalue weighted by Crippen LogP contribution is 2.17. The van der Waals surface area contributed by atoms with Crippen LogP contribution in [0.15, 0.2) is 23.2 Å². The zero-order valence-corrected chi connectivity index (χ0v) is 8.71. The number of pyridine rings is 1. The van der Waals surface area contributed by atoms with E-state index in [0.717, 1.165) is 4.90 Å². The van der Waals surface area contributed by atoms with Gasteiger partial charge >= 0.3 is 5.97 Å². The standard InChI is InChI=1S/C9H12N2O2S/c1-2-13-9(12)6-14-7-3-4-8(10)11-5-7/h3-5H,2,6H2,1H3,(H2,10,11). The summed E-state index contributed by atoms with van der Waals surface area (Å²) in [6.07, 6.45) is 1.64. The highest BCUT2D eigenvalue weighted by Gasteiger charge is 2.02. The minimum Gasteiger partial charge on any atom is -0.465 e. The monoisotopic (exact) mass is 212 g/mol. The van der Waals surface area contributed by atoms with Gasteiger partial charge < -0.3 is 10.5 Å². The van der Waals surface area contributed by atoms with Crippen molar-refractivity contribution in [2.24, 2.45) is 0 Å². The molecule has 0 atom stereocenters. The Hall–Kier alpha value is -1.23. The van der Waals surface area contributed by atoms with Crippen molar-refractivity contribution < 1.29 is 9.53 Å². The Bertz CT molecular complexity index is 300. The molecule has 0 spiro atoms. The first-order valence-corrected chi connectivity index (χ1v) is 5.21. The number of rotatable bonds is 4. The van der Waals surface area contributed by atoms with Crippen molar-refractivity contribution >= 4 is 23.5 Å². The van der Waals surface area contributed by atoms with Gasteiger partial charge in [0.05, 0.1) is 12.4 Å². The number of hydrogen-bond donors (Lipinski definition) is 1. The van der Waals surface area contributed by atoms with E-state index in [4.69, 9.17) is 10.5 Å². The molecule has 0 bridgehead atoms. The van der Waals surface area contributed by atoms with Gasteiger partial charge in [-0.25, -0.2) is 4.98 Å². The predicted molar refractivity (Wildman–Crippen MR) is 56.0 cm³/mol. The molecule has 0 fully saturated rings. The molecule has 0 aliphatic heterocycles. The number of carbonyl (C=O) groups excluding carboxylic acids is 1. The van der Waals surface area contributed by atoms with Crippen molar-refractivity contribution in [3.63, 3.8) is 0 Å². The Balaban J connectivity index is 2.38. The predicted octanol–water partition coefficient (Wildman–Crippen LogP) is 1.32. The number of aromatic nitrogens is 1. The second-order valence-corrected chi connectivity index (χ2v) is 3.56. The summed E-state index contributed by atoms with van der Waals surface area (Å²) in [7, 11) is 0. The summed E-state index contributed by atoms with van der Waals surface area (Å²) in [4.78, 5) is 15.8. The molecule has 1 heterocycles. The molecule has 76 valence electrons. The molecule has 2 N–H and O–H groups in total. The molecule has 5 heteroatoms. The zero-order chi connectivity index (χ0) is 10.4. The summed E-state index contributed by atoms with van der Waals surface area (Å²) in [5.74, 6) is 0.569. The summed E-state index contributed by atoms with van der Waals surface area (Å²) in [5, 5.41) is 0. The molecule has 1 aromatic heterocycles. The van der Waals surface area contributed by atoms with Gasteiger partial charge in [0.2, 0.25) is 0 Å². The van der Waals surface area contributed by atoms with Crippen molar-refractivity contribution in [1.29, 1.82) is 0 Å². The minimum atomic E-state index is -0.214. The highest BCUT2D eigenvalue weighted by atomic mass is 32.2. The molecule has 1 rings (SSSR count). The van der Waals surface area contributed by atoms with Gasteiger partial charge in [0.1, 0.15) is 5.82 Å². The zero-order valence-electron chi connectivity index (χ0n) is 7.90. The van der Waals surface area contributed by atoms with Crippen LogP contribution in [0.4, 0.5) is 5.82 Å². The van der Waals surface area contributed by atoms with Gasteiger partial charge in [-0.1, -0.05) is 0 Å². The van der Waals surface area contributed by atoms with Crippen LogP contribution >= 0.6 is 11.8 Å². The van der Waals surface area contributed by atoms with Crippen LogP contribution in [0.5, 0.6) is 0 Å². The molecule has 0 aliphatic rings. The lowest BCUT2D eigenvalue weighted by Crippen LogP contribution is -2.06. The number of nitrogens with two attached hydrogens (primary N) is 1. The van der Waals surface area contributed by atoms with E-state index in [-0.39, 0.29) is 5.97 Å². The average molecular weight is 212 g/mol. The van der Waals surface area contributed by atoms with Gasteiger partial charge in [0, 0.05) is 11.1 Å². The van der Waals surface area contributed by atoms with E-state index in [1.807, 2.05) is 6.07 Å². The van der Waals surface area contributed by atoms with Crippen LogP contribution in [0.25, 0.3) is 0 Å². The van der Waals surface area contributed by atoms with Gasteiger partial charge in [-0.3, -0.25) is 4.79 Å². The van der Waals surface area contributed by atoms with Crippen molar-refractivity contribution in [3.8, 4) is 0 Å². The molecule has 1 aromatic rings. The van der Waals surface area contributed by atoms with Crippen molar-refractivity contribution in [2.45, 2.75) is 11.8 Å². The Morgan fingerprint density at radius 1 is 1.64 bits per heavy atom. The van der Waals surface area contributed by atoms with Crippen LogP contribution in [-0.4, -0.2) is 23.3 Å². The number of thioether (sulfide) groups is 1. The van der Waals surface area contributed by atoms with Gasteiger partial charge in [-0.2, -0.15) is 0 Å². The molecule has 0 aliphatic carbocycles. The molecule has 0 aromatic carbocycles. The lowest BCUT2D eigenvalue weighted by molar-refractivity contribution is -0.139. The topological polar surface area (TPSA) is 65.2 Å². The number of hydrogen-bond acceptors (Lipinski definition) is 5. The lowest BCUT2D eigenvalue weighted by Gasteiger charge is -2.01. The average Bonchev–Trinajstić information content (AvgIpc) is 2.17. The van der Waals surface area contributed by atoms with E-state index < -0.39 is 0 Å². The first kappa shape index (κ1) is 10.8. The fourth-order valence-electron chi connectivity index (χ4n) is 0.822. The Morgan fingerprint density at radius 3 is 3.00 bits per heavy atom. The van der Waals surface area contributed by atoms with Crippen LogP contribution in [0, 0.1) is 0 Å². The molecule has 0 radical (unpaired) electrons. The fourth-order valence-corrected chi connectivity index (χ4v) is 1.48. The second kappa shape index (κ2) is 5.49. The van der Waals surface area contributed by atoms with Gasteiger partial charge in [-0.15, -0.1) is 11.8 Å². The third-order valence-corrected chi connectivity index (χ3v) is 2.38. The van der Waals surface area contributed by atoms with Gasteiger partial charge in [0.25, 0.3) is 0 Å². The van der Waals surface area contributed by atoms with Crippen LogP contribution < -0.4 is 5.73 Å². The smallest absolute Gasteiger partial charge is 0.316 e. The van der Waals surface area contributed by atoms with E-state index >= 15 is 0 Å². The molecule has 0 saturated carbocycles.